The van der Waals surface area contributed by atoms with Crippen LogP contribution < -0.4 is 0 Å². The van der Waals surface area contributed by atoms with Gasteiger partial charge in [-0.2, -0.15) is 0 Å². The molecule has 2 aliphatic rings. The highest BCUT2D eigenvalue weighted by Crippen LogP contribution is 2.48. The summed E-state index contributed by atoms with van der Waals surface area (Å²) in [5, 5.41) is 9.15. The summed E-state index contributed by atoms with van der Waals surface area (Å²) in [7, 11) is 0. The number of hydrogen-bond donors (Lipinski definition) is 2. The fraction of sp³-hybridized carbons (Fsp3) is 0.615. The molecule has 0 atom stereocenters. The van der Waals surface area contributed by atoms with Gasteiger partial charge >= 0.3 is 5.97 Å². The lowest BCUT2D eigenvalue weighted by Crippen LogP contribution is -2.17. The van der Waals surface area contributed by atoms with Gasteiger partial charge in [-0.15, -0.1) is 0 Å². The van der Waals surface area contributed by atoms with Crippen molar-refractivity contribution in [2.75, 3.05) is 0 Å². The van der Waals surface area contributed by atoms with Crippen LogP contribution in [0.2, 0.25) is 0 Å². The van der Waals surface area contributed by atoms with Gasteiger partial charge in [-0.1, -0.05) is 0 Å². The minimum absolute atomic E-state index is 0.437. The van der Waals surface area contributed by atoms with Crippen molar-refractivity contribution in [2.24, 2.45) is 5.41 Å². The van der Waals surface area contributed by atoms with E-state index in [9.17, 15) is 4.79 Å². The van der Waals surface area contributed by atoms with Crippen LogP contribution in [0.1, 0.15) is 42.6 Å². The molecule has 0 unspecified atom stereocenters. The van der Waals surface area contributed by atoms with E-state index in [0.29, 0.717) is 6.42 Å². The molecular formula is C13H17NO2. The smallest absolute Gasteiger partial charge is 0.310 e. The maximum Gasteiger partial charge on any atom is 0.310 e. The van der Waals surface area contributed by atoms with Crippen molar-refractivity contribution in [1.29, 1.82) is 0 Å². The Labute approximate surface area is 94.9 Å². The van der Waals surface area contributed by atoms with Crippen molar-refractivity contribution in [3.63, 3.8) is 0 Å². The van der Waals surface area contributed by atoms with E-state index in [0.717, 1.165) is 31.4 Å². The lowest BCUT2D eigenvalue weighted by atomic mass is 9.97. The fourth-order valence-electron chi connectivity index (χ4n) is 2.75. The molecule has 0 amide bonds. The number of aromatic nitrogens is 1. The number of fused-ring (bicyclic) bond motifs is 1. The Hall–Kier alpha value is -1.25. The molecule has 16 heavy (non-hydrogen) atoms. The molecule has 0 aromatic carbocycles. The predicted molar refractivity (Wildman–Crippen MR) is 60.4 cm³/mol. The van der Waals surface area contributed by atoms with Gasteiger partial charge in [0.2, 0.25) is 0 Å². The third kappa shape index (κ3) is 1.55. The van der Waals surface area contributed by atoms with Gasteiger partial charge in [0.15, 0.2) is 0 Å². The summed E-state index contributed by atoms with van der Waals surface area (Å²) >= 11 is 0. The van der Waals surface area contributed by atoms with Crippen molar-refractivity contribution in [3.05, 3.63) is 23.0 Å². The Morgan fingerprint density at radius 2 is 2.12 bits per heavy atom. The third-order valence-electron chi connectivity index (χ3n) is 4.01. The number of aromatic amines is 1. The van der Waals surface area contributed by atoms with Crippen LogP contribution in [0, 0.1) is 5.41 Å². The van der Waals surface area contributed by atoms with E-state index in [1.54, 1.807) is 0 Å². The molecule has 2 N–H and O–H groups in total. The number of carbonyl (C=O) groups is 1. The van der Waals surface area contributed by atoms with Crippen LogP contribution >= 0.6 is 0 Å². The molecule has 0 spiro atoms. The van der Waals surface area contributed by atoms with Gasteiger partial charge in [-0.05, 0) is 50.2 Å². The van der Waals surface area contributed by atoms with Crippen LogP contribution in [0.15, 0.2) is 6.07 Å². The summed E-state index contributed by atoms with van der Waals surface area (Å²) < 4.78 is 0. The second-order valence-corrected chi connectivity index (χ2v) is 5.27. The molecule has 0 bridgehead atoms. The maximum absolute atomic E-state index is 11.1. The van der Waals surface area contributed by atoms with E-state index in [1.807, 2.05) is 0 Å². The number of carboxylic acid groups (broad SMARTS) is 1. The normalized spacial score (nSPS) is 21.5. The molecule has 3 rings (SSSR count). The minimum Gasteiger partial charge on any atom is -0.481 e. The Bertz CT molecular complexity index is 406. The highest BCUT2D eigenvalue weighted by Gasteiger charge is 2.50. The molecule has 1 aromatic heterocycles. The fourth-order valence-corrected chi connectivity index (χ4v) is 2.75. The average Bonchev–Trinajstić information content (AvgIpc) is 2.92. The summed E-state index contributed by atoms with van der Waals surface area (Å²) in [6.07, 6.45) is 7.19. The first-order valence-corrected chi connectivity index (χ1v) is 6.13. The topological polar surface area (TPSA) is 53.1 Å². The first-order valence-electron chi connectivity index (χ1n) is 6.13. The van der Waals surface area contributed by atoms with Gasteiger partial charge in [0, 0.05) is 17.8 Å². The highest BCUT2D eigenvalue weighted by molar-refractivity contribution is 5.78. The molecule has 86 valence electrons. The van der Waals surface area contributed by atoms with Crippen LogP contribution in [0.4, 0.5) is 0 Å². The van der Waals surface area contributed by atoms with Crippen LogP contribution in [0.5, 0.6) is 0 Å². The zero-order chi connectivity index (χ0) is 11.2. The number of hydrogen-bond acceptors (Lipinski definition) is 1. The molecule has 1 saturated carbocycles. The summed E-state index contributed by atoms with van der Waals surface area (Å²) in [4.78, 5) is 14.5. The van der Waals surface area contributed by atoms with Gasteiger partial charge in [0.1, 0.15) is 0 Å². The molecule has 1 aromatic rings. The predicted octanol–water partition coefficient (Wildman–Crippen LogP) is 2.30. The van der Waals surface area contributed by atoms with Crippen LogP contribution in [0.25, 0.3) is 0 Å². The number of nitrogens with one attached hydrogen (secondary N) is 1. The Morgan fingerprint density at radius 3 is 2.75 bits per heavy atom. The molecule has 1 fully saturated rings. The Balaban J connectivity index is 1.80. The third-order valence-corrected chi connectivity index (χ3v) is 4.01. The van der Waals surface area contributed by atoms with Gasteiger partial charge < -0.3 is 10.1 Å². The van der Waals surface area contributed by atoms with E-state index in [2.05, 4.69) is 11.1 Å². The van der Waals surface area contributed by atoms with E-state index in [-0.39, 0.29) is 0 Å². The number of carboxylic acids is 1. The standard InChI is InChI=1S/C13H17NO2/c15-12(16)13(5-6-13)8-10-7-9-3-1-2-4-11(9)14-10/h7,14H,1-6,8H2,(H,15,16). The SMILES string of the molecule is O=C(O)C1(Cc2cc3c([nH]2)CCCC3)CC1. The Morgan fingerprint density at radius 1 is 1.38 bits per heavy atom. The van der Waals surface area contributed by atoms with Gasteiger partial charge in [-0.3, -0.25) is 4.79 Å². The van der Waals surface area contributed by atoms with Gasteiger partial charge in [0.05, 0.1) is 5.41 Å². The van der Waals surface area contributed by atoms with E-state index >= 15 is 0 Å². The second-order valence-electron chi connectivity index (χ2n) is 5.27. The molecular weight excluding hydrogens is 202 g/mol. The molecule has 1 heterocycles. The number of rotatable bonds is 3. The number of H-pyrrole nitrogens is 1. The lowest BCUT2D eigenvalue weighted by Gasteiger charge is -2.09. The summed E-state index contributed by atoms with van der Waals surface area (Å²) in [5.41, 5.74) is 3.46. The summed E-state index contributed by atoms with van der Waals surface area (Å²) in [5.74, 6) is -0.625. The number of aryl methyl sites for hydroxylation is 2. The van der Waals surface area contributed by atoms with Crippen molar-refractivity contribution in [3.8, 4) is 0 Å². The van der Waals surface area contributed by atoms with Crippen molar-refractivity contribution in [1.82, 2.24) is 4.98 Å². The largest absolute Gasteiger partial charge is 0.481 e. The summed E-state index contributed by atoms with van der Waals surface area (Å²) in [6, 6.07) is 2.19. The van der Waals surface area contributed by atoms with Crippen molar-refractivity contribution < 1.29 is 9.90 Å². The lowest BCUT2D eigenvalue weighted by molar-refractivity contribution is -0.143. The van der Waals surface area contributed by atoms with E-state index in [4.69, 9.17) is 5.11 Å². The van der Waals surface area contributed by atoms with E-state index in [1.165, 1.54) is 24.1 Å². The van der Waals surface area contributed by atoms with Crippen LogP contribution in [0.3, 0.4) is 0 Å². The Kier molecular flexibility index (Phi) is 2.09. The van der Waals surface area contributed by atoms with Crippen LogP contribution in [-0.4, -0.2) is 16.1 Å². The molecule has 0 radical (unpaired) electrons. The second kappa shape index (κ2) is 3.37. The summed E-state index contributed by atoms with van der Waals surface area (Å²) in [6.45, 7) is 0. The quantitative estimate of drug-likeness (QED) is 0.819. The van der Waals surface area contributed by atoms with Crippen LogP contribution in [-0.2, 0) is 24.1 Å². The van der Waals surface area contributed by atoms with Gasteiger partial charge in [0.25, 0.3) is 0 Å². The zero-order valence-electron chi connectivity index (χ0n) is 9.38. The molecule has 0 aliphatic heterocycles. The van der Waals surface area contributed by atoms with Crippen molar-refractivity contribution >= 4 is 5.97 Å². The monoisotopic (exact) mass is 219 g/mol. The highest BCUT2D eigenvalue weighted by atomic mass is 16.4. The minimum atomic E-state index is -0.625. The zero-order valence-corrected chi connectivity index (χ0v) is 9.38. The average molecular weight is 219 g/mol. The molecule has 3 nitrogen and oxygen atoms in total. The molecule has 0 saturated heterocycles. The number of aliphatic carboxylic acids is 1. The van der Waals surface area contributed by atoms with Gasteiger partial charge in [-0.25, -0.2) is 0 Å². The first-order chi connectivity index (χ1) is 7.70. The maximum atomic E-state index is 11.1. The van der Waals surface area contributed by atoms with E-state index < -0.39 is 11.4 Å². The first kappa shape index (κ1) is 9.94. The van der Waals surface area contributed by atoms with Crippen molar-refractivity contribution in [2.45, 2.75) is 44.9 Å². The molecule has 2 aliphatic carbocycles. The molecule has 3 heteroatoms.